The first kappa shape index (κ1) is 16.7. The molecule has 2 rings (SSSR count). The van der Waals surface area contributed by atoms with Gasteiger partial charge < -0.3 is 9.47 Å². The van der Waals surface area contributed by atoms with E-state index in [2.05, 4.69) is 20.8 Å². The molecular formula is C19H20O4. The molecule has 0 aliphatic rings. The molecule has 0 spiro atoms. The fourth-order valence-electron chi connectivity index (χ4n) is 1.97. The van der Waals surface area contributed by atoms with E-state index in [1.54, 1.807) is 30.3 Å². The van der Waals surface area contributed by atoms with Crippen molar-refractivity contribution >= 4 is 12.3 Å². The fourth-order valence-corrected chi connectivity index (χ4v) is 1.97. The molecule has 0 saturated carbocycles. The van der Waals surface area contributed by atoms with Crippen LogP contribution in [0.25, 0.3) is 0 Å². The number of benzene rings is 2. The minimum atomic E-state index is -0.495. The van der Waals surface area contributed by atoms with Crippen molar-refractivity contribution in [2.75, 3.05) is 6.61 Å². The number of aldehydes is 1. The van der Waals surface area contributed by atoms with Gasteiger partial charge in [0.15, 0.2) is 6.61 Å². The molecule has 0 aliphatic carbocycles. The predicted octanol–water partition coefficient (Wildman–Crippen LogP) is 3.78. The lowest BCUT2D eigenvalue weighted by Gasteiger charge is -2.19. The van der Waals surface area contributed by atoms with Crippen LogP contribution >= 0.6 is 0 Å². The quantitative estimate of drug-likeness (QED) is 0.479. The van der Waals surface area contributed by atoms with Gasteiger partial charge in [-0.2, -0.15) is 0 Å². The first-order valence-corrected chi connectivity index (χ1v) is 7.38. The van der Waals surface area contributed by atoms with Crippen LogP contribution in [0, 0.1) is 0 Å². The van der Waals surface area contributed by atoms with Crippen LogP contribution in [0.3, 0.4) is 0 Å². The molecule has 0 amide bonds. The summed E-state index contributed by atoms with van der Waals surface area (Å²) in [6, 6.07) is 14.0. The van der Waals surface area contributed by atoms with Crippen LogP contribution in [0.4, 0.5) is 0 Å². The number of rotatable bonds is 5. The molecule has 0 radical (unpaired) electrons. The average Bonchev–Trinajstić information content (AvgIpc) is 2.53. The predicted molar refractivity (Wildman–Crippen MR) is 88.1 cm³/mol. The van der Waals surface area contributed by atoms with Crippen molar-refractivity contribution in [1.29, 1.82) is 0 Å². The van der Waals surface area contributed by atoms with Gasteiger partial charge in [-0.1, -0.05) is 32.9 Å². The van der Waals surface area contributed by atoms with Gasteiger partial charge in [0.1, 0.15) is 17.8 Å². The SMILES string of the molecule is CC(C)(C)c1cccc(OCC(=O)Oc2ccc(C=O)cc2)c1. The third kappa shape index (κ3) is 4.95. The van der Waals surface area contributed by atoms with E-state index in [0.29, 0.717) is 17.1 Å². The Bertz CT molecular complexity index is 681. The molecule has 0 aromatic heterocycles. The highest BCUT2D eigenvalue weighted by atomic mass is 16.6. The first-order chi connectivity index (χ1) is 10.9. The highest BCUT2D eigenvalue weighted by Gasteiger charge is 2.14. The lowest BCUT2D eigenvalue weighted by Crippen LogP contribution is -2.18. The molecule has 0 bridgehead atoms. The van der Waals surface area contributed by atoms with Crippen molar-refractivity contribution in [2.24, 2.45) is 0 Å². The molecule has 0 atom stereocenters. The van der Waals surface area contributed by atoms with Crippen molar-refractivity contribution in [3.63, 3.8) is 0 Å². The smallest absolute Gasteiger partial charge is 0.349 e. The number of hydrogen-bond acceptors (Lipinski definition) is 4. The van der Waals surface area contributed by atoms with Gasteiger partial charge in [0.25, 0.3) is 0 Å². The Morgan fingerprint density at radius 2 is 1.74 bits per heavy atom. The van der Waals surface area contributed by atoms with E-state index in [1.807, 2.05) is 18.2 Å². The molecule has 23 heavy (non-hydrogen) atoms. The average molecular weight is 312 g/mol. The number of esters is 1. The Labute approximate surface area is 136 Å². The summed E-state index contributed by atoms with van der Waals surface area (Å²) in [6.07, 6.45) is 0.733. The molecule has 0 aliphatic heterocycles. The summed E-state index contributed by atoms with van der Waals surface area (Å²) in [5, 5.41) is 0. The zero-order chi connectivity index (χ0) is 16.9. The topological polar surface area (TPSA) is 52.6 Å². The van der Waals surface area contributed by atoms with Gasteiger partial charge in [-0.15, -0.1) is 0 Å². The van der Waals surface area contributed by atoms with E-state index >= 15 is 0 Å². The molecule has 4 nitrogen and oxygen atoms in total. The van der Waals surface area contributed by atoms with E-state index in [0.717, 1.165) is 11.8 Å². The van der Waals surface area contributed by atoms with E-state index in [4.69, 9.17) is 9.47 Å². The Balaban J connectivity index is 1.92. The maximum Gasteiger partial charge on any atom is 0.349 e. The summed E-state index contributed by atoms with van der Waals surface area (Å²) in [4.78, 5) is 22.4. The summed E-state index contributed by atoms with van der Waals surface area (Å²) >= 11 is 0. The molecule has 0 heterocycles. The molecule has 2 aromatic carbocycles. The number of carbonyl (C=O) groups excluding carboxylic acids is 2. The fraction of sp³-hybridized carbons (Fsp3) is 0.263. The molecule has 0 N–H and O–H groups in total. The molecule has 0 fully saturated rings. The highest BCUT2D eigenvalue weighted by Crippen LogP contribution is 2.25. The minimum absolute atomic E-state index is 0.0141. The minimum Gasteiger partial charge on any atom is -0.482 e. The van der Waals surface area contributed by atoms with Crippen LogP contribution in [0.15, 0.2) is 48.5 Å². The monoisotopic (exact) mass is 312 g/mol. The van der Waals surface area contributed by atoms with Crippen molar-refractivity contribution in [2.45, 2.75) is 26.2 Å². The van der Waals surface area contributed by atoms with Crippen LogP contribution in [0.5, 0.6) is 11.5 Å². The van der Waals surface area contributed by atoms with Gasteiger partial charge >= 0.3 is 5.97 Å². The van der Waals surface area contributed by atoms with E-state index in [-0.39, 0.29) is 12.0 Å². The summed E-state index contributed by atoms with van der Waals surface area (Å²) in [5.41, 5.74) is 1.67. The van der Waals surface area contributed by atoms with Crippen molar-refractivity contribution < 1.29 is 19.1 Å². The van der Waals surface area contributed by atoms with Crippen LogP contribution < -0.4 is 9.47 Å². The Morgan fingerprint density at radius 1 is 1.04 bits per heavy atom. The Morgan fingerprint density at radius 3 is 2.35 bits per heavy atom. The van der Waals surface area contributed by atoms with Crippen LogP contribution in [-0.2, 0) is 10.2 Å². The molecular weight excluding hydrogens is 292 g/mol. The van der Waals surface area contributed by atoms with Crippen LogP contribution in [0.1, 0.15) is 36.7 Å². The van der Waals surface area contributed by atoms with E-state index in [1.165, 1.54) is 0 Å². The van der Waals surface area contributed by atoms with Crippen molar-refractivity contribution in [1.82, 2.24) is 0 Å². The second-order valence-corrected chi connectivity index (χ2v) is 6.23. The Kier molecular flexibility index (Phi) is 5.16. The maximum atomic E-state index is 11.8. The largest absolute Gasteiger partial charge is 0.482 e. The Hall–Kier alpha value is -2.62. The van der Waals surface area contributed by atoms with Gasteiger partial charge in [0, 0.05) is 5.56 Å². The summed E-state index contributed by atoms with van der Waals surface area (Å²) in [7, 11) is 0. The summed E-state index contributed by atoms with van der Waals surface area (Å²) in [6.45, 7) is 6.17. The van der Waals surface area contributed by atoms with Crippen LogP contribution in [0.2, 0.25) is 0 Å². The van der Waals surface area contributed by atoms with E-state index < -0.39 is 5.97 Å². The molecule has 0 saturated heterocycles. The summed E-state index contributed by atoms with van der Waals surface area (Å²) < 4.78 is 10.6. The third-order valence-electron chi connectivity index (χ3n) is 3.30. The van der Waals surface area contributed by atoms with Crippen LogP contribution in [-0.4, -0.2) is 18.9 Å². The molecule has 120 valence electrons. The third-order valence-corrected chi connectivity index (χ3v) is 3.30. The van der Waals surface area contributed by atoms with Gasteiger partial charge in [-0.05, 0) is 47.4 Å². The molecule has 0 unspecified atom stereocenters. The van der Waals surface area contributed by atoms with Gasteiger partial charge in [0.05, 0.1) is 0 Å². The van der Waals surface area contributed by atoms with Gasteiger partial charge in [-0.25, -0.2) is 4.79 Å². The standard InChI is InChI=1S/C19H20O4/c1-19(2,3)15-5-4-6-17(11-15)22-13-18(21)23-16-9-7-14(12-20)8-10-16/h4-12H,13H2,1-3H3. The lowest BCUT2D eigenvalue weighted by molar-refractivity contribution is -0.136. The second-order valence-electron chi connectivity index (χ2n) is 6.23. The summed E-state index contributed by atoms with van der Waals surface area (Å²) in [5.74, 6) is 0.517. The first-order valence-electron chi connectivity index (χ1n) is 7.38. The number of hydrogen-bond donors (Lipinski definition) is 0. The molecule has 4 heteroatoms. The van der Waals surface area contributed by atoms with E-state index in [9.17, 15) is 9.59 Å². The normalized spacial score (nSPS) is 10.9. The zero-order valence-electron chi connectivity index (χ0n) is 13.5. The lowest BCUT2D eigenvalue weighted by atomic mass is 9.87. The highest BCUT2D eigenvalue weighted by molar-refractivity contribution is 5.76. The van der Waals surface area contributed by atoms with Crippen molar-refractivity contribution in [3.05, 3.63) is 59.7 Å². The van der Waals surface area contributed by atoms with Gasteiger partial charge in [0.2, 0.25) is 0 Å². The van der Waals surface area contributed by atoms with Crippen molar-refractivity contribution in [3.8, 4) is 11.5 Å². The van der Waals surface area contributed by atoms with Gasteiger partial charge in [-0.3, -0.25) is 4.79 Å². The molecule has 2 aromatic rings. The zero-order valence-corrected chi connectivity index (χ0v) is 13.5. The number of ether oxygens (including phenoxy) is 2. The second kappa shape index (κ2) is 7.09. The number of carbonyl (C=O) groups is 2. The maximum absolute atomic E-state index is 11.8.